The molecule has 4 aromatic rings. The van der Waals surface area contributed by atoms with Gasteiger partial charge in [0, 0.05) is 37.5 Å². The first-order chi connectivity index (χ1) is 19.5. The van der Waals surface area contributed by atoms with Crippen molar-refractivity contribution in [2.45, 2.75) is 39.2 Å². The molecule has 2 aliphatic rings. The lowest BCUT2D eigenvalue weighted by atomic mass is 10.1. The topological polar surface area (TPSA) is 87.6 Å². The Balaban J connectivity index is 1.34. The third kappa shape index (κ3) is 5.04. The van der Waals surface area contributed by atoms with Crippen LogP contribution in [0, 0.1) is 6.92 Å². The average Bonchev–Trinajstić information content (AvgIpc) is 2.98. The summed E-state index contributed by atoms with van der Waals surface area (Å²) in [4.78, 5) is 38.3. The fourth-order valence-electron chi connectivity index (χ4n) is 5.26. The molecular formula is C30H30ClN7O2. The summed E-state index contributed by atoms with van der Waals surface area (Å²) >= 11 is 6.58. The minimum atomic E-state index is -0.293. The minimum absolute atomic E-state index is 0.289. The molecule has 10 heteroatoms. The van der Waals surface area contributed by atoms with Crippen molar-refractivity contribution in [1.29, 1.82) is 0 Å². The number of anilines is 4. The van der Waals surface area contributed by atoms with Crippen LogP contribution in [0.2, 0.25) is 5.02 Å². The second-order valence-corrected chi connectivity index (χ2v) is 10.5. The number of para-hydroxylation sites is 1. The van der Waals surface area contributed by atoms with Gasteiger partial charge < -0.3 is 9.64 Å². The smallest absolute Gasteiger partial charge is 0.336 e. The minimum Gasteiger partial charge on any atom is -0.495 e. The van der Waals surface area contributed by atoms with E-state index in [-0.39, 0.29) is 12.6 Å². The van der Waals surface area contributed by atoms with Crippen molar-refractivity contribution in [1.82, 2.24) is 19.9 Å². The number of ether oxygens (including phenoxy) is 1. The van der Waals surface area contributed by atoms with Crippen LogP contribution in [-0.4, -0.2) is 46.2 Å². The lowest BCUT2D eigenvalue weighted by Crippen LogP contribution is -2.46. The third-order valence-electron chi connectivity index (χ3n) is 7.35. The van der Waals surface area contributed by atoms with Gasteiger partial charge in [0.25, 0.3) is 0 Å². The number of amides is 2. The summed E-state index contributed by atoms with van der Waals surface area (Å²) in [6.45, 7) is 4.32. The summed E-state index contributed by atoms with van der Waals surface area (Å²) < 4.78 is 5.28. The maximum Gasteiger partial charge on any atom is 0.336 e. The molecule has 5 heterocycles. The molecular weight excluding hydrogens is 526 g/mol. The van der Waals surface area contributed by atoms with Crippen LogP contribution in [0.25, 0.3) is 0 Å². The largest absolute Gasteiger partial charge is 0.495 e. The Morgan fingerprint density at radius 3 is 2.42 bits per heavy atom. The van der Waals surface area contributed by atoms with Gasteiger partial charge in [-0.15, -0.1) is 0 Å². The molecule has 0 spiro atoms. The van der Waals surface area contributed by atoms with Crippen molar-refractivity contribution >= 4 is 40.8 Å². The van der Waals surface area contributed by atoms with Crippen LogP contribution >= 0.6 is 11.6 Å². The first-order valence-corrected chi connectivity index (χ1v) is 13.8. The lowest BCUT2D eigenvalue weighted by molar-refractivity contribution is 0.252. The second-order valence-electron chi connectivity index (χ2n) is 10.0. The highest BCUT2D eigenvalue weighted by Crippen LogP contribution is 2.39. The van der Waals surface area contributed by atoms with Crippen LogP contribution in [-0.2, 0) is 13.0 Å². The number of hydrogen-bond acceptors (Lipinski definition) is 7. The highest BCUT2D eigenvalue weighted by atomic mass is 35.5. The fourth-order valence-corrected chi connectivity index (χ4v) is 5.58. The van der Waals surface area contributed by atoms with Crippen LogP contribution in [0.3, 0.4) is 0 Å². The van der Waals surface area contributed by atoms with Gasteiger partial charge in [0.2, 0.25) is 0 Å². The summed E-state index contributed by atoms with van der Waals surface area (Å²) in [5.74, 6) is 3.13. The lowest BCUT2D eigenvalue weighted by Gasteiger charge is -2.36. The first-order valence-electron chi connectivity index (χ1n) is 13.4. The number of pyridine rings is 2. The predicted octanol–water partition coefficient (Wildman–Crippen LogP) is 6.10. The Morgan fingerprint density at radius 2 is 1.73 bits per heavy atom. The number of aromatic nitrogens is 4. The zero-order chi connectivity index (χ0) is 27.6. The van der Waals surface area contributed by atoms with E-state index in [9.17, 15) is 4.79 Å². The SMILES string of the molecule is COc1ccc(N2C(=O)N(c3c(C)cccc3Cl)Cc3cnc(Cc4ccc(N5CCCCC5)nc4)nc32)nc1. The Kier molecular flexibility index (Phi) is 7.21. The van der Waals surface area contributed by atoms with E-state index in [0.29, 0.717) is 40.3 Å². The number of halogens is 1. The molecule has 1 fully saturated rings. The van der Waals surface area contributed by atoms with Crippen molar-refractivity contribution in [3.63, 3.8) is 0 Å². The van der Waals surface area contributed by atoms with Crippen molar-refractivity contribution in [2.75, 3.05) is 34.9 Å². The number of urea groups is 1. The van der Waals surface area contributed by atoms with Gasteiger partial charge in [0.05, 0.1) is 30.6 Å². The number of carbonyl (C=O) groups excluding carboxylic acids is 1. The number of hydrogen-bond donors (Lipinski definition) is 0. The normalized spacial score (nSPS) is 15.3. The Hall–Kier alpha value is -4.24. The number of carbonyl (C=O) groups is 1. The van der Waals surface area contributed by atoms with Crippen molar-refractivity contribution in [2.24, 2.45) is 0 Å². The molecule has 2 aliphatic heterocycles. The van der Waals surface area contributed by atoms with E-state index in [1.54, 1.807) is 42.6 Å². The van der Waals surface area contributed by atoms with E-state index in [4.69, 9.17) is 26.3 Å². The standard InChI is InChI=1S/C30H30ClN7O2/c1-20-7-6-8-24(31)28(20)37-19-22-17-32-25(15-21-9-11-26(33-16-21)36-13-4-3-5-14-36)35-29(22)38(30(37)39)27-12-10-23(40-2)18-34-27/h6-12,16-18H,3-5,13-15,19H2,1-2H3. The van der Waals surface area contributed by atoms with Crippen LogP contribution in [0.5, 0.6) is 5.75 Å². The van der Waals surface area contributed by atoms with Gasteiger partial charge in [-0.2, -0.15) is 0 Å². The summed E-state index contributed by atoms with van der Waals surface area (Å²) in [7, 11) is 1.58. The quantitative estimate of drug-likeness (QED) is 0.284. The van der Waals surface area contributed by atoms with E-state index in [1.807, 2.05) is 25.3 Å². The number of nitrogens with zero attached hydrogens (tertiary/aromatic N) is 7. The number of piperidine rings is 1. The number of benzene rings is 1. The van der Waals surface area contributed by atoms with Crippen molar-refractivity contribution in [3.8, 4) is 5.75 Å². The molecule has 0 unspecified atom stereocenters. The summed E-state index contributed by atoms with van der Waals surface area (Å²) in [5, 5.41) is 0.498. The van der Waals surface area contributed by atoms with Crippen LogP contribution in [0.1, 0.15) is 41.8 Å². The molecule has 40 heavy (non-hydrogen) atoms. The number of rotatable bonds is 6. The zero-order valence-electron chi connectivity index (χ0n) is 22.5. The van der Waals surface area contributed by atoms with Gasteiger partial charge in [0.15, 0.2) is 5.82 Å². The van der Waals surface area contributed by atoms with E-state index >= 15 is 0 Å². The van der Waals surface area contributed by atoms with Crippen molar-refractivity contribution < 1.29 is 9.53 Å². The molecule has 6 rings (SSSR count). The maximum absolute atomic E-state index is 14.1. The monoisotopic (exact) mass is 555 g/mol. The molecule has 0 atom stereocenters. The third-order valence-corrected chi connectivity index (χ3v) is 7.65. The van der Waals surface area contributed by atoms with Gasteiger partial charge in [-0.25, -0.2) is 29.6 Å². The molecule has 204 valence electrons. The molecule has 0 N–H and O–H groups in total. The van der Waals surface area contributed by atoms with Gasteiger partial charge in [-0.3, -0.25) is 4.90 Å². The molecule has 0 aliphatic carbocycles. The van der Waals surface area contributed by atoms with E-state index in [0.717, 1.165) is 35.6 Å². The molecule has 2 amide bonds. The zero-order valence-corrected chi connectivity index (χ0v) is 23.3. The fraction of sp³-hybridized carbons (Fsp3) is 0.300. The van der Waals surface area contributed by atoms with Crippen molar-refractivity contribution in [3.05, 3.63) is 88.6 Å². The van der Waals surface area contributed by atoms with Gasteiger partial charge >= 0.3 is 6.03 Å². The maximum atomic E-state index is 14.1. The summed E-state index contributed by atoms with van der Waals surface area (Å²) in [6.07, 6.45) is 9.45. The Morgan fingerprint density at radius 1 is 0.925 bits per heavy atom. The molecule has 0 bridgehead atoms. The number of fused-ring (bicyclic) bond motifs is 1. The summed E-state index contributed by atoms with van der Waals surface area (Å²) in [6, 6.07) is 13.0. The molecule has 0 saturated carbocycles. The Labute approximate surface area is 238 Å². The van der Waals surface area contributed by atoms with Gasteiger partial charge in [-0.05, 0) is 61.6 Å². The summed E-state index contributed by atoms with van der Waals surface area (Å²) in [5.41, 5.74) is 3.34. The van der Waals surface area contributed by atoms with Crippen LogP contribution in [0.15, 0.2) is 61.1 Å². The number of aryl methyl sites for hydroxylation is 1. The average molecular weight is 556 g/mol. The molecule has 1 saturated heterocycles. The molecule has 1 aromatic carbocycles. The highest BCUT2D eigenvalue weighted by molar-refractivity contribution is 6.34. The van der Waals surface area contributed by atoms with Crippen LogP contribution < -0.4 is 19.4 Å². The van der Waals surface area contributed by atoms with Gasteiger partial charge in [-0.1, -0.05) is 29.8 Å². The second kappa shape index (κ2) is 11.1. The highest BCUT2D eigenvalue weighted by Gasteiger charge is 2.36. The Bertz CT molecular complexity index is 1500. The molecule has 3 aromatic heterocycles. The van der Waals surface area contributed by atoms with E-state index < -0.39 is 0 Å². The molecule has 0 radical (unpaired) electrons. The van der Waals surface area contributed by atoms with Crippen LogP contribution in [0.4, 0.5) is 27.9 Å². The first kappa shape index (κ1) is 26.0. The number of methoxy groups -OCH3 is 1. The predicted molar refractivity (Wildman–Crippen MR) is 156 cm³/mol. The molecule has 9 nitrogen and oxygen atoms in total. The van der Waals surface area contributed by atoms with E-state index in [2.05, 4.69) is 27.0 Å². The van der Waals surface area contributed by atoms with Gasteiger partial charge in [0.1, 0.15) is 23.2 Å². The van der Waals surface area contributed by atoms with E-state index in [1.165, 1.54) is 24.2 Å².